The van der Waals surface area contributed by atoms with Gasteiger partial charge in [0.1, 0.15) is 0 Å². The standard InChI is InChI=1S/C14H29N3O2/c1-6-16-14(5,13(15)18)7-10(2)17-8-11(3)19-12(4)9-17/h10-12,16H,6-9H2,1-5H3,(H2,15,18). The Morgan fingerprint density at radius 2 is 2.00 bits per heavy atom. The lowest BCUT2D eigenvalue weighted by Crippen LogP contribution is -2.58. The molecule has 1 rings (SSSR count). The van der Waals surface area contributed by atoms with Crippen LogP contribution in [0.3, 0.4) is 0 Å². The summed E-state index contributed by atoms with van der Waals surface area (Å²) in [7, 11) is 0. The largest absolute Gasteiger partial charge is 0.373 e. The second-order valence-corrected chi connectivity index (χ2v) is 5.99. The number of rotatable bonds is 6. The van der Waals surface area contributed by atoms with E-state index in [4.69, 9.17) is 10.5 Å². The predicted octanol–water partition coefficient (Wildman–Crippen LogP) is 0.728. The molecule has 0 bridgehead atoms. The van der Waals surface area contributed by atoms with Gasteiger partial charge in [-0.25, -0.2) is 0 Å². The van der Waals surface area contributed by atoms with Gasteiger partial charge in [0.2, 0.25) is 5.91 Å². The molecular formula is C14H29N3O2. The molecule has 0 aromatic heterocycles. The Labute approximate surface area is 116 Å². The molecule has 0 spiro atoms. The Morgan fingerprint density at radius 3 is 2.42 bits per heavy atom. The second-order valence-electron chi connectivity index (χ2n) is 5.99. The van der Waals surface area contributed by atoms with Crippen molar-refractivity contribution < 1.29 is 9.53 Å². The van der Waals surface area contributed by atoms with Crippen molar-refractivity contribution in [3.8, 4) is 0 Å². The third kappa shape index (κ3) is 4.44. The lowest BCUT2D eigenvalue weighted by atomic mass is 9.91. The van der Waals surface area contributed by atoms with E-state index in [1.807, 2.05) is 13.8 Å². The zero-order chi connectivity index (χ0) is 14.6. The van der Waals surface area contributed by atoms with E-state index in [1.54, 1.807) is 0 Å². The quantitative estimate of drug-likeness (QED) is 0.747. The molecule has 0 saturated carbocycles. The molecule has 0 aliphatic carbocycles. The van der Waals surface area contributed by atoms with Crippen molar-refractivity contribution in [3.05, 3.63) is 0 Å². The van der Waals surface area contributed by atoms with E-state index in [0.29, 0.717) is 6.04 Å². The molecule has 1 aliphatic heterocycles. The van der Waals surface area contributed by atoms with E-state index in [-0.39, 0.29) is 18.1 Å². The average Bonchev–Trinajstić information content (AvgIpc) is 2.27. The molecule has 112 valence electrons. The van der Waals surface area contributed by atoms with Crippen LogP contribution < -0.4 is 11.1 Å². The molecule has 0 aromatic carbocycles. The van der Waals surface area contributed by atoms with Crippen molar-refractivity contribution >= 4 is 5.91 Å². The number of carbonyl (C=O) groups excluding carboxylic acids is 1. The van der Waals surface area contributed by atoms with Crippen LogP contribution in [0.1, 0.15) is 41.0 Å². The third-order valence-electron chi connectivity index (χ3n) is 3.89. The molecule has 3 N–H and O–H groups in total. The smallest absolute Gasteiger partial charge is 0.237 e. The molecule has 1 heterocycles. The highest BCUT2D eigenvalue weighted by Crippen LogP contribution is 2.20. The maximum atomic E-state index is 11.7. The lowest BCUT2D eigenvalue weighted by Gasteiger charge is -2.41. The van der Waals surface area contributed by atoms with Gasteiger partial charge in [-0.3, -0.25) is 9.69 Å². The summed E-state index contributed by atoms with van der Waals surface area (Å²) in [4.78, 5) is 14.1. The van der Waals surface area contributed by atoms with Gasteiger partial charge in [-0.1, -0.05) is 6.92 Å². The van der Waals surface area contributed by atoms with Crippen LogP contribution in [-0.4, -0.2) is 54.2 Å². The van der Waals surface area contributed by atoms with Gasteiger partial charge in [0.15, 0.2) is 0 Å². The number of hydrogen-bond acceptors (Lipinski definition) is 4. The number of morpholine rings is 1. The van der Waals surface area contributed by atoms with E-state index in [9.17, 15) is 4.79 Å². The molecule has 0 radical (unpaired) electrons. The first-order valence-corrected chi connectivity index (χ1v) is 7.23. The van der Waals surface area contributed by atoms with Crippen LogP contribution >= 0.6 is 0 Å². The predicted molar refractivity (Wildman–Crippen MR) is 76.9 cm³/mol. The topological polar surface area (TPSA) is 67.6 Å². The van der Waals surface area contributed by atoms with Crippen LogP contribution in [0.15, 0.2) is 0 Å². The molecule has 4 atom stereocenters. The van der Waals surface area contributed by atoms with Crippen LogP contribution in [0.2, 0.25) is 0 Å². The number of hydrogen-bond donors (Lipinski definition) is 2. The summed E-state index contributed by atoms with van der Waals surface area (Å²) >= 11 is 0. The number of ether oxygens (including phenoxy) is 1. The Kier molecular flexibility index (Phi) is 5.77. The number of likely N-dealkylation sites (N-methyl/N-ethyl adjacent to an activating group) is 1. The number of nitrogens with two attached hydrogens (primary N) is 1. The zero-order valence-corrected chi connectivity index (χ0v) is 12.9. The molecule has 1 amide bonds. The first-order chi connectivity index (χ1) is 8.78. The third-order valence-corrected chi connectivity index (χ3v) is 3.89. The summed E-state index contributed by atoms with van der Waals surface area (Å²) in [5.74, 6) is -0.282. The van der Waals surface area contributed by atoms with E-state index < -0.39 is 5.54 Å². The molecule has 0 aromatic rings. The average molecular weight is 271 g/mol. The Bertz CT molecular complexity index is 301. The fourth-order valence-corrected chi connectivity index (χ4v) is 2.95. The van der Waals surface area contributed by atoms with Crippen molar-refractivity contribution in [1.82, 2.24) is 10.2 Å². The number of nitrogens with one attached hydrogen (secondary N) is 1. The minimum absolute atomic E-state index is 0.241. The van der Waals surface area contributed by atoms with E-state index in [2.05, 4.69) is 31.0 Å². The van der Waals surface area contributed by atoms with Crippen LogP contribution in [0.5, 0.6) is 0 Å². The Morgan fingerprint density at radius 1 is 1.47 bits per heavy atom. The summed E-state index contributed by atoms with van der Waals surface area (Å²) in [6.07, 6.45) is 1.20. The van der Waals surface area contributed by atoms with Crippen LogP contribution in [0.25, 0.3) is 0 Å². The maximum Gasteiger partial charge on any atom is 0.237 e. The number of amides is 1. The molecule has 5 heteroatoms. The van der Waals surface area contributed by atoms with Gasteiger partial charge in [0.25, 0.3) is 0 Å². The van der Waals surface area contributed by atoms with Gasteiger partial charge >= 0.3 is 0 Å². The van der Waals surface area contributed by atoms with Crippen molar-refractivity contribution in [2.45, 2.75) is 64.8 Å². The van der Waals surface area contributed by atoms with Gasteiger partial charge in [-0.15, -0.1) is 0 Å². The van der Waals surface area contributed by atoms with E-state index in [1.165, 1.54) is 0 Å². The van der Waals surface area contributed by atoms with Gasteiger partial charge < -0.3 is 15.8 Å². The molecule has 1 aliphatic rings. The Hall–Kier alpha value is -0.650. The molecule has 1 saturated heterocycles. The van der Waals surface area contributed by atoms with Crippen molar-refractivity contribution in [2.24, 2.45) is 5.73 Å². The molecule has 1 fully saturated rings. The highest BCUT2D eigenvalue weighted by Gasteiger charge is 2.35. The Balaban J connectivity index is 2.66. The van der Waals surface area contributed by atoms with Crippen molar-refractivity contribution in [2.75, 3.05) is 19.6 Å². The number of carbonyl (C=O) groups is 1. The summed E-state index contributed by atoms with van der Waals surface area (Å²) in [5.41, 5.74) is 4.90. The van der Waals surface area contributed by atoms with Gasteiger partial charge in [0, 0.05) is 19.1 Å². The molecule has 19 heavy (non-hydrogen) atoms. The summed E-state index contributed by atoms with van der Waals surface area (Å²) in [6.45, 7) is 12.8. The fraction of sp³-hybridized carbons (Fsp3) is 0.929. The minimum Gasteiger partial charge on any atom is -0.373 e. The second kappa shape index (κ2) is 6.68. The SMILES string of the molecule is CCNC(C)(CC(C)N1CC(C)OC(C)C1)C(N)=O. The lowest BCUT2D eigenvalue weighted by molar-refractivity contribution is -0.125. The first kappa shape index (κ1) is 16.4. The van der Waals surface area contributed by atoms with Crippen molar-refractivity contribution in [1.29, 1.82) is 0 Å². The summed E-state index contributed by atoms with van der Waals surface area (Å²) in [6, 6.07) is 0.297. The van der Waals surface area contributed by atoms with Crippen LogP contribution in [0.4, 0.5) is 0 Å². The number of primary amides is 1. The van der Waals surface area contributed by atoms with Crippen LogP contribution in [0, 0.1) is 0 Å². The zero-order valence-electron chi connectivity index (χ0n) is 12.9. The minimum atomic E-state index is -0.640. The molecule has 5 nitrogen and oxygen atoms in total. The van der Waals surface area contributed by atoms with Crippen molar-refractivity contribution in [3.63, 3.8) is 0 Å². The van der Waals surface area contributed by atoms with E-state index in [0.717, 1.165) is 26.1 Å². The summed E-state index contributed by atoms with van der Waals surface area (Å²) in [5, 5.41) is 3.22. The molecular weight excluding hydrogens is 242 g/mol. The highest BCUT2D eigenvalue weighted by atomic mass is 16.5. The van der Waals surface area contributed by atoms with Crippen LogP contribution in [-0.2, 0) is 9.53 Å². The number of nitrogens with zero attached hydrogens (tertiary/aromatic N) is 1. The van der Waals surface area contributed by atoms with Gasteiger partial charge in [0.05, 0.1) is 17.7 Å². The normalized spacial score (nSPS) is 29.7. The summed E-state index contributed by atoms with van der Waals surface area (Å²) < 4.78 is 5.74. The maximum absolute atomic E-state index is 11.7. The fourth-order valence-electron chi connectivity index (χ4n) is 2.95. The first-order valence-electron chi connectivity index (χ1n) is 7.23. The highest BCUT2D eigenvalue weighted by molar-refractivity contribution is 5.84. The van der Waals surface area contributed by atoms with Gasteiger partial charge in [-0.05, 0) is 40.7 Å². The monoisotopic (exact) mass is 271 g/mol. The van der Waals surface area contributed by atoms with Gasteiger partial charge in [-0.2, -0.15) is 0 Å². The molecule has 4 unspecified atom stereocenters. The van der Waals surface area contributed by atoms with E-state index >= 15 is 0 Å².